The van der Waals surface area contributed by atoms with E-state index in [4.69, 9.17) is 37.1 Å². The summed E-state index contributed by atoms with van der Waals surface area (Å²) in [6.07, 6.45) is 0. The van der Waals surface area contributed by atoms with E-state index >= 15 is 0 Å². The number of benzene rings is 3. The molecule has 0 amide bonds. The Bertz CT molecular complexity index is 1450. The quantitative estimate of drug-likeness (QED) is 0.165. The van der Waals surface area contributed by atoms with Gasteiger partial charge >= 0.3 is 23.5 Å². The van der Waals surface area contributed by atoms with Crippen LogP contribution < -0.4 is 14.0 Å². The third-order valence-electron chi connectivity index (χ3n) is 5.85. The third kappa shape index (κ3) is 8.44. The topological polar surface area (TPSA) is 124 Å². The zero-order valence-electron chi connectivity index (χ0n) is 21.5. The lowest BCUT2D eigenvalue weighted by Crippen LogP contribution is -2.56. The first-order chi connectivity index (χ1) is 19.5. The van der Waals surface area contributed by atoms with E-state index in [1.807, 2.05) is 78.9 Å². The van der Waals surface area contributed by atoms with Gasteiger partial charge in [-0.1, -0.05) is 66.7 Å². The van der Waals surface area contributed by atoms with Crippen LogP contribution in [-0.2, 0) is 21.4 Å². The summed E-state index contributed by atoms with van der Waals surface area (Å²) in [5.41, 5.74) is -4.44. The molecule has 0 spiro atoms. The van der Waals surface area contributed by atoms with Crippen LogP contribution in [0, 0.1) is 0 Å². The van der Waals surface area contributed by atoms with Crippen LogP contribution in [0.4, 0.5) is 19.1 Å². The van der Waals surface area contributed by atoms with Crippen molar-refractivity contribution >= 4 is 16.1 Å². The van der Waals surface area contributed by atoms with Crippen LogP contribution in [-0.4, -0.2) is 59.7 Å². The van der Waals surface area contributed by atoms with Gasteiger partial charge in [-0.2, -0.15) is 13.2 Å². The summed E-state index contributed by atoms with van der Waals surface area (Å²) >= 11 is 0. The molecular formula is C27H25F3N4O6S. The van der Waals surface area contributed by atoms with E-state index in [9.17, 15) is 13.2 Å². The maximum absolute atomic E-state index is 10.7. The van der Waals surface area contributed by atoms with Crippen molar-refractivity contribution in [1.82, 2.24) is 19.4 Å². The molecule has 1 aromatic heterocycles. The Labute approximate surface area is 234 Å². The van der Waals surface area contributed by atoms with E-state index in [1.54, 1.807) is 0 Å². The largest absolute Gasteiger partial charge is 0.741 e. The van der Waals surface area contributed by atoms with Gasteiger partial charge < -0.3 is 18.8 Å². The standard InChI is InChI=1S/C26H25N4O3.CHF3O3S/c1-4-10-21(11-5-1)20-30(16-18-31-19-17-30)24-27-25(32-22-12-6-2-7-13-22)29-26(28-24)33-23-14-8-3-9-15-23;2-1(3,4)8(5,6)7/h1-15H,16-20H2;(H,5,6,7)/q+1;/p-1. The van der Waals surface area contributed by atoms with Gasteiger partial charge in [-0.3, -0.25) is 0 Å². The average molecular weight is 591 g/mol. The third-order valence-corrected chi connectivity index (χ3v) is 6.42. The first-order valence-electron chi connectivity index (χ1n) is 12.3. The molecule has 1 aliphatic heterocycles. The normalized spacial score (nSPS) is 14.8. The molecule has 3 aromatic carbocycles. The van der Waals surface area contributed by atoms with Gasteiger partial charge in [-0.05, 0) is 24.3 Å². The maximum Gasteiger partial charge on any atom is 0.485 e. The van der Waals surface area contributed by atoms with E-state index in [0.717, 1.165) is 19.6 Å². The molecule has 0 N–H and O–H groups in total. The molecule has 1 saturated heterocycles. The molecule has 0 radical (unpaired) electrons. The number of ether oxygens (including phenoxy) is 3. The molecule has 0 atom stereocenters. The molecule has 14 heteroatoms. The minimum Gasteiger partial charge on any atom is -0.741 e. The summed E-state index contributed by atoms with van der Waals surface area (Å²) in [5, 5.41) is 0. The Morgan fingerprint density at radius 1 is 0.756 bits per heavy atom. The monoisotopic (exact) mass is 590 g/mol. The molecule has 0 unspecified atom stereocenters. The van der Waals surface area contributed by atoms with Gasteiger partial charge in [0.1, 0.15) is 31.1 Å². The Morgan fingerprint density at radius 3 is 1.59 bits per heavy atom. The number of hydrogen-bond acceptors (Lipinski definition) is 9. The number of quaternary nitrogens is 1. The summed E-state index contributed by atoms with van der Waals surface area (Å²) in [4.78, 5) is 14.0. The molecule has 1 aliphatic rings. The molecule has 41 heavy (non-hydrogen) atoms. The molecule has 4 aromatic rings. The van der Waals surface area contributed by atoms with Gasteiger partial charge in [0.2, 0.25) is 0 Å². The molecule has 0 bridgehead atoms. The van der Waals surface area contributed by atoms with E-state index in [-0.39, 0.29) is 12.0 Å². The summed E-state index contributed by atoms with van der Waals surface area (Å²) in [5.74, 6) is 1.91. The Morgan fingerprint density at radius 2 is 1.17 bits per heavy atom. The van der Waals surface area contributed by atoms with Crippen LogP contribution in [0.3, 0.4) is 0 Å². The Hall–Kier alpha value is -4.11. The lowest BCUT2D eigenvalue weighted by molar-refractivity contribution is -0.0517. The highest BCUT2D eigenvalue weighted by Gasteiger charge is 2.38. The second kappa shape index (κ2) is 13.0. The number of para-hydroxylation sites is 2. The molecule has 216 valence electrons. The SMILES string of the molecule is O=S(=O)([O-])C(F)(F)F.c1ccc(C[N+]2(c3nc(Oc4ccccc4)nc(Oc4ccccc4)n3)CCOCC2)cc1. The molecule has 10 nitrogen and oxygen atoms in total. The zero-order valence-corrected chi connectivity index (χ0v) is 22.3. The van der Waals surface area contributed by atoms with Gasteiger partial charge in [0, 0.05) is 5.56 Å². The van der Waals surface area contributed by atoms with Crippen LogP contribution in [0.2, 0.25) is 0 Å². The average Bonchev–Trinajstić information content (AvgIpc) is 2.94. The summed E-state index contributed by atoms with van der Waals surface area (Å²) in [6, 6.07) is 29.7. The molecule has 0 aliphatic carbocycles. The predicted molar refractivity (Wildman–Crippen MR) is 141 cm³/mol. The van der Waals surface area contributed by atoms with E-state index in [2.05, 4.69) is 17.1 Å². The van der Waals surface area contributed by atoms with Crippen LogP contribution in [0.1, 0.15) is 5.56 Å². The fraction of sp³-hybridized carbons (Fsp3) is 0.222. The van der Waals surface area contributed by atoms with E-state index in [1.165, 1.54) is 5.56 Å². The Balaban J connectivity index is 0.000000426. The fourth-order valence-electron chi connectivity index (χ4n) is 3.87. The highest BCUT2D eigenvalue weighted by atomic mass is 32.2. The molecule has 0 saturated carbocycles. The summed E-state index contributed by atoms with van der Waals surface area (Å²) in [7, 11) is -6.09. The second-order valence-corrected chi connectivity index (χ2v) is 10.2. The number of rotatable bonds is 7. The van der Waals surface area contributed by atoms with Gasteiger partial charge in [0.25, 0.3) is 0 Å². The van der Waals surface area contributed by atoms with Crippen LogP contribution in [0.5, 0.6) is 23.5 Å². The first kappa shape index (κ1) is 29.9. The summed E-state index contributed by atoms with van der Waals surface area (Å²) < 4.78 is 77.1. The van der Waals surface area contributed by atoms with Crippen molar-refractivity contribution in [1.29, 1.82) is 0 Å². The van der Waals surface area contributed by atoms with Crippen molar-refractivity contribution < 1.29 is 40.4 Å². The smallest absolute Gasteiger partial charge is 0.485 e. The molecule has 1 fully saturated rings. The van der Waals surface area contributed by atoms with Crippen molar-refractivity contribution in [3.8, 4) is 23.5 Å². The molecular weight excluding hydrogens is 565 g/mol. The van der Waals surface area contributed by atoms with Crippen molar-refractivity contribution in [2.75, 3.05) is 26.3 Å². The van der Waals surface area contributed by atoms with Crippen LogP contribution in [0.25, 0.3) is 0 Å². The van der Waals surface area contributed by atoms with Crippen molar-refractivity contribution in [2.45, 2.75) is 12.1 Å². The van der Waals surface area contributed by atoms with Crippen molar-refractivity contribution in [3.05, 3.63) is 96.6 Å². The minimum atomic E-state index is -6.09. The van der Waals surface area contributed by atoms with Gasteiger partial charge in [0.05, 0.1) is 13.2 Å². The van der Waals surface area contributed by atoms with Crippen molar-refractivity contribution in [2.24, 2.45) is 0 Å². The van der Waals surface area contributed by atoms with E-state index in [0.29, 0.717) is 35.1 Å². The van der Waals surface area contributed by atoms with Crippen molar-refractivity contribution in [3.63, 3.8) is 0 Å². The lowest BCUT2D eigenvalue weighted by atomic mass is 10.1. The van der Waals surface area contributed by atoms with Gasteiger partial charge in [0.15, 0.2) is 10.1 Å². The van der Waals surface area contributed by atoms with Crippen LogP contribution >= 0.6 is 0 Å². The summed E-state index contributed by atoms with van der Waals surface area (Å²) in [6.45, 7) is 3.48. The number of nitrogens with zero attached hydrogens (tertiary/aromatic N) is 4. The number of alkyl halides is 3. The lowest BCUT2D eigenvalue weighted by Gasteiger charge is -2.38. The Kier molecular flexibility index (Phi) is 9.50. The number of hydrogen-bond donors (Lipinski definition) is 0. The highest BCUT2D eigenvalue weighted by molar-refractivity contribution is 7.86. The predicted octanol–water partition coefficient (Wildman–Crippen LogP) is 5.05. The van der Waals surface area contributed by atoms with E-state index < -0.39 is 15.6 Å². The zero-order chi connectivity index (χ0) is 29.3. The number of halogens is 3. The fourth-order valence-corrected chi connectivity index (χ4v) is 3.87. The maximum atomic E-state index is 10.7. The highest BCUT2D eigenvalue weighted by Crippen LogP contribution is 2.30. The number of aromatic nitrogens is 3. The second-order valence-electron chi connectivity index (χ2n) is 8.78. The molecule has 2 heterocycles. The minimum absolute atomic E-state index is 0.203. The first-order valence-corrected chi connectivity index (χ1v) is 13.7. The van der Waals surface area contributed by atoms with Crippen LogP contribution in [0.15, 0.2) is 91.0 Å². The number of morpholine rings is 1. The van der Waals surface area contributed by atoms with Gasteiger partial charge in [-0.25, -0.2) is 12.9 Å². The molecule has 5 rings (SSSR count). The van der Waals surface area contributed by atoms with Gasteiger partial charge in [-0.15, -0.1) is 15.0 Å².